The van der Waals surface area contributed by atoms with Crippen LogP contribution in [0.2, 0.25) is 0 Å². The first-order chi connectivity index (χ1) is 12.3. The van der Waals surface area contributed by atoms with Gasteiger partial charge in [-0.3, -0.25) is 4.98 Å². The SMILES string of the molecule is Cc1cc(-n2c(=O)[nH]c(=O)n(C)c2=O)cc(C)c1Sc1ccc(Br)cc1. The first kappa shape index (κ1) is 18.5. The van der Waals surface area contributed by atoms with Crippen LogP contribution in [-0.4, -0.2) is 14.1 Å². The monoisotopic (exact) mass is 433 g/mol. The van der Waals surface area contributed by atoms with E-state index in [-0.39, 0.29) is 0 Å². The van der Waals surface area contributed by atoms with Crippen LogP contribution in [0.15, 0.2) is 65.0 Å². The van der Waals surface area contributed by atoms with E-state index in [1.165, 1.54) is 7.05 Å². The molecule has 0 unspecified atom stereocenters. The Morgan fingerprint density at radius 2 is 1.54 bits per heavy atom. The summed E-state index contributed by atoms with van der Waals surface area (Å²) in [7, 11) is 1.33. The number of benzene rings is 2. The summed E-state index contributed by atoms with van der Waals surface area (Å²) in [6.07, 6.45) is 0. The van der Waals surface area contributed by atoms with Crippen LogP contribution in [0, 0.1) is 13.8 Å². The van der Waals surface area contributed by atoms with E-state index in [0.717, 1.165) is 34.5 Å². The van der Waals surface area contributed by atoms with Crippen LogP contribution < -0.4 is 17.1 Å². The van der Waals surface area contributed by atoms with Gasteiger partial charge in [0.2, 0.25) is 0 Å². The van der Waals surface area contributed by atoms with Crippen molar-refractivity contribution in [3.8, 4) is 5.69 Å². The molecule has 0 bridgehead atoms. The minimum atomic E-state index is -0.745. The fourth-order valence-corrected chi connectivity index (χ4v) is 3.83. The van der Waals surface area contributed by atoms with Crippen LogP contribution in [-0.2, 0) is 7.05 Å². The summed E-state index contributed by atoms with van der Waals surface area (Å²) in [6.45, 7) is 3.86. The van der Waals surface area contributed by atoms with Gasteiger partial charge in [-0.2, -0.15) is 0 Å². The molecule has 0 amide bonds. The quantitative estimate of drug-likeness (QED) is 0.688. The fraction of sp³-hybridized carbons (Fsp3) is 0.167. The molecule has 6 nitrogen and oxygen atoms in total. The molecule has 0 aliphatic heterocycles. The summed E-state index contributed by atoms with van der Waals surface area (Å²) in [5.74, 6) is 0. The van der Waals surface area contributed by atoms with Gasteiger partial charge in [0, 0.05) is 21.3 Å². The molecule has 0 aliphatic rings. The third kappa shape index (κ3) is 3.47. The highest BCUT2D eigenvalue weighted by atomic mass is 79.9. The summed E-state index contributed by atoms with van der Waals surface area (Å²) in [5, 5.41) is 0. The predicted molar refractivity (Wildman–Crippen MR) is 106 cm³/mol. The second-order valence-electron chi connectivity index (χ2n) is 5.88. The van der Waals surface area contributed by atoms with E-state index in [4.69, 9.17) is 0 Å². The number of nitrogens with zero attached hydrogens (tertiary/aromatic N) is 2. The number of rotatable bonds is 3. The smallest absolute Gasteiger partial charge is 0.258 e. The van der Waals surface area contributed by atoms with Gasteiger partial charge in [-0.05, 0) is 61.4 Å². The van der Waals surface area contributed by atoms with Gasteiger partial charge in [0.05, 0.1) is 5.69 Å². The standard InChI is InChI=1S/C18H16BrN3O3S/c1-10-8-13(22-17(24)20-16(23)21(3)18(22)25)9-11(2)15(10)26-14-6-4-12(19)5-7-14/h4-9H,1-3H3,(H,20,23,24). The summed E-state index contributed by atoms with van der Waals surface area (Å²) < 4.78 is 2.85. The summed E-state index contributed by atoms with van der Waals surface area (Å²) in [4.78, 5) is 40.3. The third-order valence-corrected chi connectivity index (χ3v) is 5.82. The van der Waals surface area contributed by atoms with Crippen LogP contribution in [0.3, 0.4) is 0 Å². The minimum absolute atomic E-state index is 0.432. The van der Waals surface area contributed by atoms with E-state index in [0.29, 0.717) is 5.69 Å². The second-order valence-corrected chi connectivity index (χ2v) is 7.88. The number of H-pyrrole nitrogens is 1. The molecule has 26 heavy (non-hydrogen) atoms. The fourth-order valence-electron chi connectivity index (χ4n) is 2.62. The van der Waals surface area contributed by atoms with E-state index in [1.54, 1.807) is 23.9 Å². The second kappa shape index (κ2) is 7.13. The number of hydrogen-bond acceptors (Lipinski definition) is 4. The van der Waals surface area contributed by atoms with E-state index < -0.39 is 17.1 Å². The zero-order valence-electron chi connectivity index (χ0n) is 14.4. The van der Waals surface area contributed by atoms with Crippen LogP contribution in [0.1, 0.15) is 11.1 Å². The highest BCUT2D eigenvalue weighted by Crippen LogP contribution is 2.34. The normalized spacial score (nSPS) is 10.9. The van der Waals surface area contributed by atoms with Crippen molar-refractivity contribution in [1.29, 1.82) is 0 Å². The van der Waals surface area contributed by atoms with Gasteiger partial charge in [-0.15, -0.1) is 0 Å². The Hall–Kier alpha value is -2.32. The Morgan fingerprint density at radius 3 is 2.12 bits per heavy atom. The maximum absolute atomic E-state index is 12.3. The number of aromatic nitrogens is 3. The molecule has 0 saturated heterocycles. The van der Waals surface area contributed by atoms with Crippen LogP contribution in [0.4, 0.5) is 0 Å². The van der Waals surface area contributed by atoms with Crippen molar-refractivity contribution in [1.82, 2.24) is 14.1 Å². The van der Waals surface area contributed by atoms with E-state index >= 15 is 0 Å². The van der Waals surface area contributed by atoms with Crippen molar-refractivity contribution < 1.29 is 0 Å². The Morgan fingerprint density at radius 1 is 0.962 bits per heavy atom. The van der Waals surface area contributed by atoms with Gasteiger partial charge < -0.3 is 0 Å². The van der Waals surface area contributed by atoms with Gasteiger partial charge in [0.25, 0.3) is 0 Å². The highest BCUT2D eigenvalue weighted by Gasteiger charge is 2.13. The Bertz CT molecular complexity index is 1140. The Labute approximate surface area is 161 Å². The lowest BCUT2D eigenvalue weighted by atomic mass is 10.1. The number of nitrogens with one attached hydrogen (secondary N) is 1. The van der Waals surface area contributed by atoms with Crippen molar-refractivity contribution in [3.05, 3.63) is 83.5 Å². The summed E-state index contributed by atoms with van der Waals surface area (Å²) >= 11 is 5.04. The number of hydrogen-bond donors (Lipinski definition) is 1. The molecular weight excluding hydrogens is 418 g/mol. The van der Waals surface area contributed by atoms with Crippen LogP contribution in [0.25, 0.3) is 5.69 Å². The number of aromatic amines is 1. The molecule has 2 aromatic carbocycles. The molecule has 0 fully saturated rings. The van der Waals surface area contributed by atoms with Gasteiger partial charge in [-0.25, -0.2) is 23.5 Å². The van der Waals surface area contributed by atoms with Gasteiger partial charge in [0.15, 0.2) is 0 Å². The minimum Gasteiger partial charge on any atom is -0.258 e. The maximum atomic E-state index is 12.3. The van der Waals surface area contributed by atoms with Crippen molar-refractivity contribution in [2.45, 2.75) is 23.6 Å². The Kier molecular flexibility index (Phi) is 5.06. The molecule has 1 aromatic heterocycles. The average Bonchev–Trinajstić information content (AvgIpc) is 2.58. The van der Waals surface area contributed by atoms with Crippen molar-refractivity contribution in [3.63, 3.8) is 0 Å². The molecule has 8 heteroatoms. The van der Waals surface area contributed by atoms with Crippen molar-refractivity contribution in [2.24, 2.45) is 7.05 Å². The van der Waals surface area contributed by atoms with Crippen molar-refractivity contribution >= 4 is 27.7 Å². The zero-order chi connectivity index (χ0) is 19.0. The predicted octanol–water partition coefficient (Wildman–Crippen LogP) is 2.76. The zero-order valence-corrected chi connectivity index (χ0v) is 16.8. The van der Waals surface area contributed by atoms with Crippen LogP contribution >= 0.6 is 27.7 Å². The highest BCUT2D eigenvalue weighted by molar-refractivity contribution is 9.10. The van der Waals surface area contributed by atoms with E-state index in [9.17, 15) is 14.4 Å². The molecule has 0 radical (unpaired) electrons. The molecule has 1 heterocycles. The summed E-state index contributed by atoms with van der Waals surface area (Å²) in [5.41, 5.74) is 0.159. The molecule has 134 valence electrons. The molecular formula is C18H16BrN3O3S. The molecule has 0 saturated carbocycles. The molecule has 0 aliphatic carbocycles. The molecule has 0 atom stereocenters. The van der Waals surface area contributed by atoms with E-state index in [2.05, 4.69) is 20.9 Å². The first-order valence-electron chi connectivity index (χ1n) is 7.75. The third-order valence-electron chi connectivity index (χ3n) is 3.94. The maximum Gasteiger partial charge on any atom is 0.340 e. The van der Waals surface area contributed by atoms with E-state index in [1.807, 2.05) is 38.1 Å². The van der Waals surface area contributed by atoms with Gasteiger partial charge >= 0.3 is 17.1 Å². The van der Waals surface area contributed by atoms with Crippen LogP contribution in [0.5, 0.6) is 0 Å². The van der Waals surface area contributed by atoms with Gasteiger partial charge in [0.1, 0.15) is 0 Å². The lowest BCUT2D eigenvalue weighted by Gasteiger charge is -2.13. The molecule has 0 spiro atoms. The molecule has 3 aromatic rings. The lowest BCUT2D eigenvalue weighted by Crippen LogP contribution is -2.47. The Balaban J connectivity index is 2.10. The topological polar surface area (TPSA) is 76.9 Å². The van der Waals surface area contributed by atoms with Gasteiger partial charge in [-0.1, -0.05) is 27.7 Å². The largest absolute Gasteiger partial charge is 0.340 e. The molecule has 1 N–H and O–H groups in total. The molecule has 3 rings (SSSR count). The van der Waals surface area contributed by atoms with Crippen molar-refractivity contribution in [2.75, 3.05) is 0 Å². The first-order valence-corrected chi connectivity index (χ1v) is 9.36. The number of halogens is 1. The average molecular weight is 434 g/mol. The number of aryl methyl sites for hydroxylation is 2. The summed E-state index contributed by atoms with van der Waals surface area (Å²) in [6, 6.07) is 11.5. The lowest BCUT2D eigenvalue weighted by molar-refractivity contribution is 0.660.